The van der Waals surface area contributed by atoms with Gasteiger partial charge in [-0.25, -0.2) is 0 Å². The quantitative estimate of drug-likeness (QED) is 0.262. The first-order chi connectivity index (χ1) is 15.8. The Hall–Kier alpha value is -3.60. The highest BCUT2D eigenvalue weighted by atomic mass is 32.2. The molecule has 0 aliphatic rings. The Kier molecular flexibility index (Phi) is 7.88. The van der Waals surface area contributed by atoms with E-state index in [9.17, 15) is 14.9 Å². The van der Waals surface area contributed by atoms with E-state index in [0.29, 0.717) is 34.7 Å². The highest BCUT2D eigenvalue weighted by Crippen LogP contribution is 2.31. The number of hydrogen-bond donors (Lipinski definition) is 1. The van der Waals surface area contributed by atoms with Gasteiger partial charge in [0.2, 0.25) is 5.91 Å². The summed E-state index contributed by atoms with van der Waals surface area (Å²) in [6, 6.07) is 11.7. The molecule has 0 aliphatic heterocycles. The zero-order valence-electron chi connectivity index (χ0n) is 18.8. The van der Waals surface area contributed by atoms with Crippen LogP contribution in [0.4, 0.5) is 11.4 Å². The zero-order chi connectivity index (χ0) is 24.0. The lowest BCUT2D eigenvalue weighted by Crippen LogP contribution is -2.16. The summed E-state index contributed by atoms with van der Waals surface area (Å²) in [5.41, 5.74) is 1.06. The molecule has 0 bridgehead atoms. The molecule has 1 atom stereocenters. The highest BCUT2D eigenvalue weighted by Gasteiger charge is 2.21. The third-order valence-corrected chi connectivity index (χ3v) is 5.80. The Morgan fingerprint density at radius 1 is 1.24 bits per heavy atom. The summed E-state index contributed by atoms with van der Waals surface area (Å²) in [5.74, 6) is 1.62. The van der Waals surface area contributed by atoms with Crippen LogP contribution in [0, 0.1) is 17.0 Å². The molecule has 3 aromatic rings. The predicted molar refractivity (Wildman–Crippen MR) is 125 cm³/mol. The third-order valence-electron chi connectivity index (χ3n) is 4.84. The van der Waals surface area contributed by atoms with Crippen molar-refractivity contribution >= 4 is 29.0 Å². The first-order valence-corrected chi connectivity index (χ1v) is 11.2. The van der Waals surface area contributed by atoms with Gasteiger partial charge in [0, 0.05) is 18.7 Å². The number of nitrogens with zero attached hydrogens (tertiary/aromatic N) is 4. The van der Waals surface area contributed by atoms with Gasteiger partial charge in [-0.15, -0.1) is 10.2 Å². The van der Waals surface area contributed by atoms with Crippen molar-refractivity contribution in [2.24, 2.45) is 0 Å². The molecule has 1 aromatic heterocycles. The lowest BCUT2D eigenvalue weighted by Gasteiger charge is -2.17. The minimum atomic E-state index is -0.497. The van der Waals surface area contributed by atoms with E-state index in [0.717, 1.165) is 5.56 Å². The van der Waals surface area contributed by atoms with E-state index in [1.165, 1.54) is 23.9 Å². The molecule has 0 fully saturated rings. The molecule has 33 heavy (non-hydrogen) atoms. The van der Waals surface area contributed by atoms with Crippen LogP contribution in [0.25, 0.3) is 0 Å². The van der Waals surface area contributed by atoms with E-state index in [2.05, 4.69) is 15.5 Å². The van der Waals surface area contributed by atoms with Crippen LogP contribution in [0.2, 0.25) is 0 Å². The van der Waals surface area contributed by atoms with E-state index >= 15 is 0 Å². The van der Waals surface area contributed by atoms with Gasteiger partial charge in [0.05, 0.1) is 23.5 Å². The Bertz CT molecular complexity index is 1150. The van der Waals surface area contributed by atoms with Gasteiger partial charge in [0.25, 0.3) is 5.69 Å². The molecule has 10 nitrogen and oxygen atoms in total. The summed E-state index contributed by atoms with van der Waals surface area (Å²) in [6.45, 7) is 6.19. The number of non-ortho nitro benzene ring substituents is 1. The van der Waals surface area contributed by atoms with Crippen molar-refractivity contribution in [1.82, 2.24) is 14.8 Å². The number of benzene rings is 2. The average molecular weight is 472 g/mol. The van der Waals surface area contributed by atoms with Crippen LogP contribution in [-0.4, -0.2) is 38.5 Å². The minimum absolute atomic E-state index is 0.0714. The molecule has 3 rings (SSSR count). The molecule has 0 spiro atoms. The van der Waals surface area contributed by atoms with Gasteiger partial charge < -0.3 is 19.4 Å². The SMILES string of the molecule is CCn1c(SCC(=O)Nc2cc([N+](=O)[O-])ccc2C)nnc1C(C)Oc1ccccc1OC. The molecule has 174 valence electrons. The van der Waals surface area contributed by atoms with E-state index in [-0.39, 0.29) is 17.3 Å². The largest absolute Gasteiger partial charge is 0.493 e. The summed E-state index contributed by atoms with van der Waals surface area (Å²) in [6.07, 6.45) is -0.399. The van der Waals surface area contributed by atoms with Crippen molar-refractivity contribution < 1.29 is 19.2 Å². The van der Waals surface area contributed by atoms with Gasteiger partial charge >= 0.3 is 0 Å². The number of amides is 1. The molecule has 0 saturated carbocycles. The number of hydrogen-bond acceptors (Lipinski definition) is 8. The van der Waals surface area contributed by atoms with Crippen LogP contribution in [0.15, 0.2) is 47.6 Å². The van der Waals surface area contributed by atoms with Crippen molar-refractivity contribution in [3.05, 3.63) is 64.0 Å². The zero-order valence-corrected chi connectivity index (χ0v) is 19.6. The van der Waals surface area contributed by atoms with Crippen LogP contribution in [0.3, 0.4) is 0 Å². The topological polar surface area (TPSA) is 121 Å². The Morgan fingerprint density at radius 2 is 1.97 bits per heavy atom. The van der Waals surface area contributed by atoms with Gasteiger partial charge in [-0.3, -0.25) is 14.9 Å². The summed E-state index contributed by atoms with van der Waals surface area (Å²) in [4.78, 5) is 23.0. The predicted octanol–water partition coefficient (Wildman–Crippen LogP) is 4.39. The number of para-hydroxylation sites is 2. The second-order valence-electron chi connectivity index (χ2n) is 7.09. The van der Waals surface area contributed by atoms with Gasteiger partial charge in [0.1, 0.15) is 0 Å². The molecule has 1 unspecified atom stereocenters. The van der Waals surface area contributed by atoms with Crippen molar-refractivity contribution in [2.45, 2.75) is 38.6 Å². The summed E-state index contributed by atoms with van der Waals surface area (Å²) < 4.78 is 13.3. The fourth-order valence-corrected chi connectivity index (χ4v) is 3.95. The number of carbonyl (C=O) groups is 1. The molecule has 1 N–H and O–H groups in total. The van der Waals surface area contributed by atoms with Crippen molar-refractivity contribution in [1.29, 1.82) is 0 Å². The Labute approximate surface area is 195 Å². The highest BCUT2D eigenvalue weighted by molar-refractivity contribution is 7.99. The standard InChI is InChI=1S/C22H25N5O5S/c1-5-26-21(15(3)32-19-9-7-6-8-18(19)31-4)24-25-22(26)33-13-20(28)23-17-12-16(27(29)30)11-10-14(17)2/h6-12,15H,5,13H2,1-4H3,(H,23,28). The summed E-state index contributed by atoms with van der Waals surface area (Å²) in [5, 5.41) is 22.8. The number of methoxy groups -OCH3 is 1. The van der Waals surface area contributed by atoms with Gasteiger partial charge in [-0.2, -0.15) is 0 Å². The summed E-state index contributed by atoms with van der Waals surface area (Å²) in [7, 11) is 1.58. The number of nitro groups is 1. The first kappa shape index (κ1) is 24.1. The maximum absolute atomic E-state index is 12.5. The third kappa shape index (κ3) is 5.80. The number of nitrogens with one attached hydrogen (secondary N) is 1. The fourth-order valence-electron chi connectivity index (χ4n) is 3.14. The van der Waals surface area contributed by atoms with Gasteiger partial charge in [-0.05, 0) is 38.5 Å². The van der Waals surface area contributed by atoms with E-state index in [4.69, 9.17) is 9.47 Å². The minimum Gasteiger partial charge on any atom is -0.493 e. The lowest BCUT2D eigenvalue weighted by atomic mass is 10.2. The molecule has 1 heterocycles. The Balaban J connectivity index is 1.67. The number of ether oxygens (including phenoxy) is 2. The van der Waals surface area contributed by atoms with Crippen LogP contribution in [0.5, 0.6) is 11.5 Å². The molecular weight excluding hydrogens is 446 g/mol. The van der Waals surface area contributed by atoms with E-state index in [1.807, 2.05) is 42.7 Å². The second-order valence-corrected chi connectivity index (χ2v) is 8.03. The number of thioether (sulfide) groups is 1. The molecule has 0 saturated heterocycles. The molecule has 2 aromatic carbocycles. The maximum atomic E-state index is 12.5. The fraction of sp³-hybridized carbons (Fsp3) is 0.318. The molecular formula is C22H25N5O5S. The normalized spacial score (nSPS) is 11.6. The van der Waals surface area contributed by atoms with Crippen LogP contribution in [-0.2, 0) is 11.3 Å². The number of nitro benzene ring substituents is 1. The molecule has 0 radical (unpaired) electrons. The monoisotopic (exact) mass is 471 g/mol. The molecule has 1 amide bonds. The maximum Gasteiger partial charge on any atom is 0.271 e. The van der Waals surface area contributed by atoms with Gasteiger partial charge in [0.15, 0.2) is 28.6 Å². The smallest absolute Gasteiger partial charge is 0.271 e. The number of anilines is 1. The number of aromatic nitrogens is 3. The van der Waals surface area contributed by atoms with E-state index < -0.39 is 11.0 Å². The van der Waals surface area contributed by atoms with Crippen LogP contribution < -0.4 is 14.8 Å². The lowest BCUT2D eigenvalue weighted by molar-refractivity contribution is -0.384. The first-order valence-electron chi connectivity index (χ1n) is 10.2. The van der Waals surface area contributed by atoms with Crippen molar-refractivity contribution in [2.75, 3.05) is 18.2 Å². The molecule has 11 heteroatoms. The number of rotatable bonds is 10. The number of aryl methyl sites for hydroxylation is 1. The summed E-state index contributed by atoms with van der Waals surface area (Å²) >= 11 is 1.23. The number of carbonyl (C=O) groups excluding carboxylic acids is 1. The molecule has 0 aliphatic carbocycles. The average Bonchev–Trinajstić information content (AvgIpc) is 3.22. The Morgan fingerprint density at radius 3 is 2.64 bits per heavy atom. The van der Waals surface area contributed by atoms with Crippen molar-refractivity contribution in [3.8, 4) is 11.5 Å². The van der Waals surface area contributed by atoms with E-state index in [1.54, 1.807) is 20.1 Å². The van der Waals surface area contributed by atoms with Crippen LogP contribution in [0.1, 0.15) is 31.3 Å². The van der Waals surface area contributed by atoms with Crippen molar-refractivity contribution in [3.63, 3.8) is 0 Å². The second kappa shape index (κ2) is 10.8. The van der Waals surface area contributed by atoms with Gasteiger partial charge in [-0.1, -0.05) is 30.0 Å². The van der Waals surface area contributed by atoms with Crippen LogP contribution >= 0.6 is 11.8 Å².